The largest absolute Gasteiger partial charge is 0.506 e. The van der Waals surface area contributed by atoms with Gasteiger partial charge in [-0.15, -0.1) is 0 Å². The highest BCUT2D eigenvalue weighted by Crippen LogP contribution is 2.27. The number of phenolic OH excluding ortho intramolecular Hbond substituents is 1. The second kappa shape index (κ2) is 6.18. The average molecular weight is 333 g/mol. The van der Waals surface area contributed by atoms with Crippen LogP contribution < -0.4 is 10.2 Å². The Morgan fingerprint density at radius 2 is 1.96 bits per heavy atom. The van der Waals surface area contributed by atoms with Gasteiger partial charge in [-0.3, -0.25) is 9.69 Å². The molecule has 0 aliphatic carbocycles. The number of carbonyl (C=O) groups is 2. The van der Waals surface area contributed by atoms with Crippen LogP contribution in [0.1, 0.15) is 10.4 Å². The minimum Gasteiger partial charge on any atom is -0.506 e. The Hall–Kier alpha value is -2.73. The lowest BCUT2D eigenvalue weighted by Gasteiger charge is -2.13. The van der Waals surface area contributed by atoms with Crippen molar-refractivity contribution in [2.75, 3.05) is 23.4 Å². The van der Waals surface area contributed by atoms with Crippen LogP contribution in [0, 0.1) is 0 Å². The standard InChI is InChI=1S/C16H13ClN2O4/c17-11-3-6-14(20)13(9-11)18-15(21)10-1-4-12(5-2-10)19-7-8-23-16(19)22/h1-6,9,20H,7-8H2,(H,18,21). The number of aromatic hydroxyl groups is 1. The smallest absolute Gasteiger partial charge is 0.414 e. The van der Waals surface area contributed by atoms with Gasteiger partial charge in [0.1, 0.15) is 12.4 Å². The molecule has 6 nitrogen and oxygen atoms in total. The van der Waals surface area contributed by atoms with Crippen LogP contribution in [0.2, 0.25) is 5.02 Å². The van der Waals surface area contributed by atoms with Crippen LogP contribution in [0.25, 0.3) is 0 Å². The third-order valence-corrected chi connectivity index (χ3v) is 3.64. The van der Waals surface area contributed by atoms with Crippen molar-refractivity contribution in [3.05, 3.63) is 53.1 Å². The third-order valence-electron chi connectivity index (χ3n) is 3.41. The monoisotopic (exact) mass is 332 g/mol. The predicted octanol–water partition coefficient (Wildman–Crippen LogP) is 3.25. The van der Waals surface area contributed by atoms with E-state index in [9.17, 15) is 14.7 Å². The molecule has 1 fully saturated rings. The van der Waals surface area contributed by atoms with Crippen LogP contribution in [0.3, 0.4) is 0 Å². The lowest BCUT2D eigenvalue weighted by atomic mass is 10.1. The van der Waals surface area contributed by atoms with Crippen LogP contribution in [-0.4, -0.2) is 30.3 Å². The van der Waals surface area contributed by atoms with Crippen molar-refractivity contribution in [2.24, 2.45) is 0 Å². The summed E-state index contributed by atoms with van der Waals surface area (Å²) in [6, 6.07) is 10.9. The molecule has 2 N–H and O–H groups in total. The topological polar surface area (TPSA) is 78.9 Å². The lowest BCUT2D eigenvalue weighted by Crippen LogP contribution is -2.23. The first-order valence-electron chi connectivity index (χ1n) is 6.89. The number of cyclic esters (lactones) is 1. The summed E-state index contributed by atoms with van der Waals surface area (Å²) in [4.78, 5) is 25.2. The first-order valence-corrected chi connectivity index (χ1v) is 7.26. The fourth-order valence-corrected chi connectivity index (χ4v) is 2.40. The van der Waals surface area contributed by atoms with Gasteiger partial charge in [0.05, 0.1) is 12.2 Å². The molecule has 1 heterocycles. The van der Waals surface area contributed by atoms with Gasteiger partial charge in [0.25, 0.3) is 5.91 Å². The van der Waals surface area contributed by atoms with Gasteiger partial charge in [-0.1, -0.05) is 11.6 Å². The Bertz CT molecular complexity index is 761. The normalized spacial score (nSPS) is 13.8. The van der Waals surface area contributed by atoms with Crippen LogP contribution in [-0.2, 0) is 4.74 Å². The maximum atomic E-state index is 12.2. The summed E-state index contributed by atoms with van der Waals surface area (Å²) in [6.07, 6.45) is -0.397. The number of anilines is 2. The van der Waals surface area contributed by atoms with Gasteiger partial charge in [0.15, 0.2) is 0 Å². The maximum absolute atomic E-state index is 12.2. The van der Waals surface area contributed by atoms with Crippen LogP contribution in [0.15, 0.2) is 42.5 Å². The molecule has 0 saturated carbocycles. The second-order valence-corrected chi connectivity index (χ2v) is 5.36. The van der Waals surface area contributed by atoms with E-state index < -0.39 is 12.0 Å². The summed E-state index contributed by atoms with van der Waals surface area (Å²) in [5.74, 6) is -0.461. The SMILES string of the molecule is O=C(Nc1cc(Cl)ccc1O)c1ccc(N2CCOC2=O)cc1. The Morgan fingerprint density at radius 1 is 1.22 bits per heavy atom. The molecule has 2 amide bonds. The average Bonchev–Trinajstić information content (AvgIpc) is 2.97. The van der Waals surface area contributed by atoms with E-state index in [-0.39, 0.29) is 11.4 Å². The van der Waals surface area contributed by atoms with Crippen molar-refractivity contribution in [3.8, 4) is 5.75 Å². The molecular formula is C16H13ClN2O4. The molecule has 0 radical (unpaired) electrons. The van der Waals surface area contributed by atoms with E-state index in [1.807, 2.05) is 0 Å². The van der Waals surface area contributed by atoms with E-state index in [1.54, 1.807) is 24.3 Å². The highest BCUT2D eigenvalue weighted by Gasteiger charge is 2.23. The molecule has 23 heavy (non-hydrogen) atoms. The molecule has 1 aliphatic heterocycles. The highest BCUT2D eigenvalue weighted by molar-refractivity contribution is 6.31. The number of hydrogen-bond donors (Lipinski definition) is 2. The zero-order chi connectivity index (χ0) is 16.4. The van der Waals surface area contributed by atoms with E-state index in [4.69, 9.17) is 16.3 Å². The van der Waals surface area contributed by atoms with E-state index in [0.717, 1.165) is 0 Å². The van der Waals surface area contributed by atoms with Gasteiger partial charge < -0.3 is 15.2 Å². The number of nitrogens with zero attached hydrogens (tertiary/aromatic N) is 1. The van der Waals surface area contributed by atoms with E-state index in [0.29, 0.717) is 29.4 Å². The second-order valence-electron chi connectivity index (χ2n) is 4.93. The van der Waals surface area contributed by atoms with Crippen molar-refractivity contribution >= 4 is 35.0 Å². The van der Waals surface area contributed by atoms with E-state index in [1.165, 1.54) is 23.1 Å². The zero-order valence-corrected chi connectivity index (χ0v) is 12.7. The van der Waals surface area contributed by atoms with Crippen LogP contribution >= 0.6 is 11.6 Å². The number of phenols is 1. The quantitative estimate of drug-likeness (QED) is 0.846. The summed E-state index contributed by atoms with van der Waals surface area (Å²) < 4.78 is 4.87. The number of halogens is 1. The van der Waals surface area contributed by atoms with Gasteiger partial charge in [-0.2, -0.15) is 0 Å². The Balaban J connectivity index is 1.75. The van der Waals surface area contributed by atoms with Crippen LogP contribution in [0.5, 0.6) is 5.75 Å². The van der Waals surface area contributed by atoms with Crippen molar-refractivity contribution in [3.63, 3.8) is 0 Å². The van der Waals surface area contributed by atoms with E-state index in [2.05, 4.69) is 5.32 Å². The third kappa shape index (κ3) is 3.22. The summed E-state index contributed by atoms with van der Waals surface area (Å²) in [6.45, 7) is 0.843. The van der Waals surface area contributed by atoms with Gasteiger partial charge in [-0.05, 0) is 42.5 Å². The number of carbonyl (C=O) groups excluding carboxylic acids is 2. The van der Waals surface area contributed by atoms with Crippen molar-refractivity contribution in [1.29, 1.82) is 0 Å². The Labute approximate surface area is 137 Å². The predicted molar refractivity (Wildman–Crippen MR) is 86.2 cm³/mol. The summed E-state index contributed by atoms with van der Waals surface area (Å²) in [5, 5.41) is 12.7. The summed E-state index contributed by atoms with van der Waals surface area (Å²) in [7, 11) is 0. The molecule has 0 unspecified atom stereocenters. The van der Waals surface area contributed by atoms with Gasteiger partial charge >= 0.3 is 6.09 Å². The number of rotatable bonds is 3. The van der Waals surface area contributed by atoms with Crippen molar-refractivity contribution < 1.29 is 19.4 Å². The minimum atomic E-state index is -0.397. The number of hydrogen-bond acceptors (Lipinski definition) is 4. The first kappa shape index (κ1) is 15.2. The molecule has 118 valence electrons. The first-order chi connectivity index (χ1) is 11.0. The summed E-state index contributed by atoms with van der Waals surface area (Å²) in [5.41, 5.74) is 1.28. The van der Waals surface area contributed by atoms with Gasteiger partial charge in [-0.25, -0.2) is 4.79 Å². The zero-order valence-electron chi connectivity index (χ0n) is 12.0. The molecule has 2 aromatic carbocycles. The van der Waals surface area contributed by atoms with Gasteiger partial charge in [0, 0.05) is 16.3 Å². The highest BCUT2D eigenvalue weighted by atomic mass is 35.5. The Morgan fingerprint density at radius 3 is 2.61 bits per heavy atom. The molecule has 1 aliphatic rings. The molecule has 0 atom stereocenters. The fourth-order valence-electron chi connectivity index (χ4n) is 2.22. The van der Waals surface area contributed by atoms with Gasteiger partial charge in [0.2, 0.25) is 0 Å². The van der Waals surface area contributed by atoms with Crippen molar-refractivity contribution in [1.82, 2.24) is 0 Å². The number of benzene rings is 2. The molecule has 7 heteroatoms. The molecule has 0 spiro atoms. The minimum absolute atomic E-state index is 0.0702. The van der Waals surface area contributed by atoms with E-state index >= 15 is 0 Å². The van der Waals surface area contributed by atoms with Crippen molar-refractivity contribution in [2.45, 2.75) is 0 Å². The molecule has 3 rings (SSSR count). The number of amides is 2. The van der Waals surface area contributed by atoms with Crippen LogP contribution in [0.4, 0.5) is 16.2 Å². The fraction of sp³-hybridized carbons (Fsp3) is 0.125. The Kier molecular flexibility index (Phi) is 4.08. The molecule has 2 aromatic rings. The molecule has 0 aromatic heterocycles. The molecule has 0 bridgehead atoms. The molecule has 1 saturated heterocycles. The molecular weight excluding hydrogens is 320 g/mol. The maximum Gasteiger partial charge on any atom is 0.414 e. The summed E-state index contributed by atoms with van der Waals surface area (Å²) >= 11 is 5.84. The number of nitrogens with one attached hydrogen (secondary N) is 1. The number of ether oxygens (including phenoxy) is 1. The lowest BCUT2D eigenvalue weighted by molar-refractivity contribution is 0.102.